The van der Waals surface area contributed by atoms with Crippen molar-refractivity contribution < 1.29 is 40.5 Å². The fourth-order valence-corrected chi connectivity index (χ4v) is 3.81. The van der Waals surface area contributed by atoms with E-state index < -0.39 is 5.97 Å². The number of nitrogens with one attached hydrogen (secondary N) is 1. The Balaban J connectivity index is 0.00000216. The van der Waals surface area contributed by atoms with Gasteiger partial charge in [0.25, 0.3) is 5.56 Å². The van der Waals surface area contributed by atoms with E-state index in [1.165, 1.54) is 13.2 Å². The molecule has 0 fully saturated rings. The summed E-state index contributed by atoms with van der Waals surface area (Å²) in [5.74, 6) is 0.0362. The number of carbonyl (C=O) groups excluding carboxylic acids is 1. The fourth-order valence-electron chi connectivity index (χ4n) is 3.81. The zero-order valence-electron chi connectivity index (χ0n) is 20.6. The molecule has 2 heterocycles. The molecule has 0 saturated heterocycles. The normalized spacial score (nSPS) is 10.5. The summed E-state index contributed by atoms with van der Waals surface area (Å²) >= 11 is 0. The van der Waals surface area contributed by atoms with E-state index in [9.17, 15) is 9.59 Å². The summed E-state index contributed by atoms with van der Waals surface area (Å²) in [6, 6.07) is 19.0. The first kappa shape index (κ1) is 25.6. The summed E-state index contributed by atoms with van der Waals surface area (Å²) in [6.45, 7) is 2.52. The van der Waals surface area contributed by atoms with Gasteiger partial charge in [0.1, 0.15) is 0 Å². The van der Waals surface area contributed by atoms with Crippen LogP contribution in [0, 0.1) is 0 Å². The third-order valence-corrected chi connectivity index (χ3v) is 5.54. The van der Waals surface area contributed by atoms with E-state index in [-0.39, 0.29) is 36.5 Å². The number of nitrogens with zero attached hydrogens (tertiary/aromatic N) is 4. The topological polar surface area (TPSA) is 103 Å². The summed E-state index contributed by atoms with van der Waals surface area (Å²) in [7, 11) is 1.32. The first-order valence-corrected chi connectivity index (χ1v) is 10.8. The van der Waals surface area contributed by atoms with Gasteiger partial charge in [-0.1, -0.05) is 61.9 Å². The van der Waals surface area contributed by atoms with Crippen LogP contribution in [-0.2, 0) is 17.7 Å². The van der Waals surface area contributed by atoms with E-state index in [0.717, 1.165) is 40.8 Å². The molecule has 0 amide bonds. The van der Waals surface area contributed by atoms with Gasteiger partial charge in [-0.3, -0.25) is 4.79 Å². The molecule has 0 unspecified atom stereocenters. The first-order valence-electron chi connectivity index (χ1n) is 10.8. The monoisotopic (exact) mass is 467 g/mol. The standard InChI is InChI=1S/C25H25N5O3.Na.H/c1-3-4-7-20-14-19(25(32)33-2)15-23(31)30(20)16-17-10-12-18(13-11-17)21-8-5-6-9-22(21)24-26-28-29-27-24;;/h5-6,8-15H,3-4,7,16H2,1-2H3,(H,26,27,28,29);;/q;+1;-1. The van der Waals surface area contributed by atoms with Crippen LogP contribution in [0.15, 0.2) is 65.5 Å². The van der Waals surface area contributed by atoms with Gasteiger partial charge in [-0.15, -0.1) is 10.2 Å². The van der Waals surface area contributed by atoms with Crippen LogP contribution in [0.25, 0.3) is 22.5 Å². The van der Waals surface area contributed by atoms with Gasteiger partial charge in [0.05, 0.1) is 19.2 Å². The van der Waals surface area contributed by atoms with Crippen LogP contribution >= 0.6 is 0 Å². The number of rotatable bonds is 8. The number of hydrogen-bond donors (Lipinski definition) is 1. The fraction of sp³-hybridized carbons (Fsp3) is 0.240. The van der Waals surface area contributed by atoms with E-state index in [2.05, 4.69) is 27.5 Å². The minimum atomic E-state index is -0.499. The smallest absolute Gasteiger partial charge is 1.00 e. The van der Waals surface area contributed by atoms with Crippen molar-refractivity contribution in [2.75, 3.05) is 7.11 Å². The molecule has 1 N–H and O–H groups in total. The van der Waals surface area contributed by atoms with Crippen molar-refractivity contribution in [3.8, 4) is 22.5 Å². The van der Waals surface area contributed by atoms with Crippen molar-refractivity contribution in [1.82, 2.24) is 25.2 Å². The molecule has 0 aliphatic heterocycles. The quantitative estimate of drug-likeness (QED) is 0.306. The summed E-state index contributed by atoms with van der Waals surface area (Å²) in [5, 5.41) is 14.3. The number of esters is 1. The van der Waals surface area contributed by atoms with Crippen LogP contribution in [0.2, 0.25) is 0 Å². The number of hydrogen-bond acceptors (Lipinski definition) is 6. The Kier molecular flexibility index (Phi) is 8.92. The molecule has 0 saturated carbocycles. The van der Waals surface area contributed by atoms with Crippen molar-refractivity contribution in [3.63, 3.8) is 0 Å². The summed E-state index contributed by atoms with van der Waals surface area (Å²) < 4.78 is 6.53. The average Bonchev–Trinajstić information content (AvgIpc) is 3.39. The van der Waals surface area contributed by atoms with E-state index >= 15 is 0 Å². The van der Waals surface area contributed by atoms with Crippen molar-refractivity contribution >= 4 is 5.97 Å². The molecule has 0 atom stereocenters. The molecule has 4 aromatic rings. The second-order valence-corrected chi connectivity index (χ2v) is 7.73. The summed E-state index contributed by atoms with van der Waals surface area (Å²) in [5.41, 5.74) is 4.79. The summed E-state index contributed by atoms with van der Waals surface area (Å²) in [6.07, 6.45) is 2.63. The van der Waals surface area contributed by atoms with Crippen LogP contribution in [0.4, 0.5) is 0 Å². The van der Waals surface area contributed by atoms with Gasteiger partial charge in [0.15, 0.2) is 0 Å². The van der Waals surface area contributed by atoms with Gasteiger partial charge >= 0.3 is 35.5 Å². The maximum atomic E-state index is 12.8. The van der Waals surface area contributed by atoms with E-state index in [1.807, 2.05) is 48.5 Å². The minimum Gasteiger partial charge on any atom is -1.00 e. The van der Waals surface area contributed by atoms with Crippen LogP contribution in [0.5, 0.6) is 0 Å². The molecule has 0 spiro atoms. The van der Waals surface area contributed by atoms with Crippen LogP contribution in [0.3, 0.4) is 0 Å². The largest absolute Gasteiger partial charge is 1.00 e. The molecule has 4 rings (SSSR count). The van der Waals surface area contributed by atoms with Crippen molar-refractivity contribution in [1.29, 1.82) is 0 Å². The zero-order valence-corrected chi connectivity index (χ0v) is 21.6. The third kappa shape index (κ3) is 5.70. The first-order chi connectivity index (χ1) is 16.1. The Labute approximate surface area is 221 Å². The SMILES string of the molecule is CCCCc1cc(C(=O)OC)cc(=O)n1Cc1ccc(-c2ccccc2-c2nn[nH]n2)cc1.[H-].[Na+]. The van der Waals surface area contributed by atoms with Gasteiger partial charge < -0.3 is 10.7 Å². The molecule has 0 aliphatic carbocycles. The Bertz CT molecular complexity index is 1310. The number of aryl methyl sites for hydroxylation is 1. The van der Waals surface area contributed by atoms with Crippen molar-refractivity contribution in [2.24, 2.45) is 0 Å². The number of unbranched alkanes of at least 4 members (excludes halogenated alkanes) is 1. The maximum Gasteiger partial charge on any atom is 1.00 e. The second kappa shape index (κ2) is 11.9. The van der Waals surface area contributed by atoms with Crippen molar-refractivity contribution in [3.05, 3.63) is 87.8 Å². The Hall–Kier alpha value is -3.07. The number of carbonyl (C=O) groups is 1. The predicted molar refractivity (Wildman–Crippen MR) is 126 cm³/mol. The number of H-pyrrole nitrogens is 1. The summed E-state index contributed by atoms with van der Waals surface area (Å²) in [4.78, 5) is 24.8. The van der Waals surface area contributed by atoms with Crippen LogP contribution < -0.4 is 35.1 Å². The maximum absolute atomic E-state index is 12.8. The molecular weight excluding hydrogens is 441 g/mol. The molecule has 0 bridgehead atoms. The van der Waals surface area contributed by atoms with Crippen molar-refractivity contribution in [2.45, 2.75) is 32.7 Å². The molecule has 34 heavy (non-hydrogen) atoms. The second-order valence-electron chi connectivity index (χ2n) is 7.73. The van der Waals surface area contributed by atoms with Gasteiger partial charge in [0, 0.05) is 17.3 Å². The number of tetrazole rings is 1. The Morgan fingerprint density at radius 3 is 2.47 bits per heavy atom. The molecule has 0 radical (unpaired) electrons. The number of aromatic amines is 1. The molecule has 2 aromatic heterocycles. The molecule has 8 nitrogen and oxygen atoms in total. The molecule has 0 aliphatic rings. The Morgan fingerprint density at radius 1 is 1.09 bits per heavy atom. The van der Waals surface area contributed by atoms with E-state index in [4.69, 9.17) is 4.74 Å². The van der Waals surface area contributed by atoms with Crippen LogP contribution in [-0.4, -0.2) is 38.3 Å². The van der Waals surface area contributed by atoms with Gasteiger partial charge in [-0.2, -0.15) is 5.21 Å². The van der Waals surface area contributed by atoms with E-state index in [0.29, 0.717) is 24.4 Å². The van der Waals surface area contributed by atoms with Gasteiger partial charge in [0.2, 0.25) is 5.82 Å². The minimum absolute atomic E-state index is 0. The third-order valence-electron chi connectivity index (χ3n) is 5.54. The predicted octanol–water partition coefficient (Wildman–Crippen LogP) is 0.989. The number of benzene rings is 2. The average molecular weight is 468 g/mol. The molecule has 170 valence electrons. The van der Waals surface area contributed by atoms with Gasteiger partial charge in [-0.05, 0) is 40.8 Å². The zero-order chi connectivity index (χ0) is 23.2. The molecule has 2 aromatic carbocycles. The number of methoxy groups -OCH3 is 1. The Morgan fingerprint density at radius 2 is 1.82 bits per heavy atom. The molecule has 9 heteroatoms. The number of ether oxygens (including phenoxy) is 1. The molecular formula is C25H26N5NaO3. The van der Waals surface area contributed by atoms with E-state index in [1.54, 1.807) is 10.6 Å². The van der Waals surface area contributed by atoms with Gasteiger partial charge in [-0.25, -0.2) is 4.79 Å². The van der Waals surface area contributed by atoms with Crippen LogP contribution in [0.1, 0.15) is 42.8 Å². The number of pyridine rings is 1. The number of aromatic nitrogens is 5.